The molecule has 2 aromatic carbocycles. The minimum absolute atomic E-state index is 0.0121. The number of likely N-dealkylation sites (tertiary alicyclic amines) is 1. The van der Waals surface area contributed by atoms with Crippen LogP contribution in [0.5, 0.6) is 0 Å². The summed E-state index contributed by atoms with van der Waals surface area (Å²) in [5.41, 5.74) is 0.258. The molecular weight excluding hydrogens is 834 g/mol. The first-order chi connectivity index (χ1) is 29.9. The molecule has 0 atom stereocenters. The molecule has 0 aliphatic carbocycles. The fourth-order valence-electron chi connectivity index (χ4n) is 7.13. The third kappa shape index (κ3) is 10.2. The number of carbonyl (C=O) groups is 4. The molecule has 0 saturated carbocycles. The van der Waals surface area contributed by atoms with Gasteiger partial charge >= 0.3 is 12.2 Å². The third-order valence-electron chi connectivity index (χ3n) is 10.4. The summed E-state index contributed by atoms with van der Waals surface area (Å²) < 4.78 is 75.3. The van der Waals surface area contributed by atoms with E-state index in [4.69, 9.17) is 9.32 Å². The fourth-order valence-corrected chi connectivity index (χ4v) is 7.13. The van der Waals surface area contributed by atoms with Crippen LogP contribution in [0.3, 0.4) is 0 Å². The zero-order valence-electron chi connectivity index (χ0n) is 35.1. The number of hydrogen-bond donors (Lipinski definition) is 3. The Labute approximate surface area is 358 Å². The molecule has 16 nitrogen and oxygen atoms in total. The summed E-state index contributed by atoms with van der Waals surface area (Å²) in [5.74, 6) is -2.62. The summed E-state index contributed by atoms with van der Waals surface area (Å²) in [6.07, 6.45) is 0.384. The van der Waals surface area contributed by atoms with Crippen LogP contribution in [-0.2, 0) is 28.1 Å². The second kappa shape index (κ2) is 18.8. The minimum atomic E-state index is -4.57. The van der Waals surface area contributed by atoms with Gasteiger partial charge in [0, 0.05) is 86.4 Å². The SMILES string of the molecule is CC(C)(c1n[nH]c(CNC(=O)c2cc(-c3ncc(-c4ccc(CN5CC6(C5)CN(c5ccc(N7CCC(=O)NC7=O)c(F)c5)C6)cc4F)cn3)no2)n1)C(F)(F)F.CC=O.CCC. The van der Waals surface area contributed by atoms with Crippen molar-refractivity contribution in [3.8, 4) is 22.6 Å². The normalized spacial score (nSPS) is 15.9. The Balaban J connectivity index is 0.00000104. The number of rotatable bonds is 10. The number of alkyl halides is 3. The molecule has 0 unspecified atom stereocenters. The number of anilines is 2. The molecule has 3 N–H and O–H groups in total. The number of aromatic nitrogens is 6. The van der Waals surface area contributed by atoms with Gasteiger partial charge in [0.2, 0.25) is 11.7 Å². The van der Waals surface area contributed by atoms with E-state index >= 15 is 4.39 Å². The van der Waals surface area contributed by atoms with Gasteiger partial charge in [0.1, 0.15) is 29.2 Å². The quantitative estimate of drug-likeness (QED) is 0.104. The average molecular weight is 880 g/mol. The molecule has 3 aliphatic rings. The number of urea groups is 1. The zero-order valence-corrected chi connectivity index (χ0v) is 35.1. The Hall–Kier alpha value is -6.64. The monoisotopic (exact) mass is 879 g/mol. The van der Waals surface area contributed by atoms with Gasteiger partial charge < -0.3 is 19.5 Å². The summed E-state index contributed by atoms with van der Waals surface area (Å²) in [6, 6.07) is 10.4. The Morgan fingerprint density at radius 3 is 2.29 bits per heavy atom. The van der Waals surface area contributed by atoms with Crippen LogP contribution in [0.1, 0.15) is 75.2 Å². The van der Waals surface area contributed by atoms with Crippen molar-refractivity contribution in [1.82, 2.24) is 45.8 Å². The molecule has 1 spiro atoms. The first kappa shape index (κ1) is 45.9. The number of halogens is 5. The van der Waals surface area contributed by atoms with E-state index in [1.165, 1.54) is 48.8 Å². The topological polar surface area (TPSA) is 195 Å². The lowest BCUT2D eigenvalue weighted by Crippen LogP contribution is -2.71. The Morgan fingerprint density at radius 2 is 1.67 bits per heavy atom. The summed E-state index contributed by atoms with van der Waals surface area (Å²) in [4.78, 5) is 62.9. The third-order valence-corrected chi connectivity index (χ3v) is 10.4. The number of aromatic amines is 1. The van der Waals surface area contributed by atoms with Crippen LogP contribution >= 0.6 is 0 Å². The molecule has 6 heterocycles. The largest absolute Gasteiger partial charge is 0.401 e. The van der Waals surface area contributed by atoms with Crippen LogP contribution in [0.4, 0.5) is 38.1 Å². The van der Waals surface area contributed by atoms with Crippen molar-refractivity contribution in [2.24, 2.45) is 5.41 Å². The van der Waals surface area contributed by atoms with Crippen LogP contribution in [0.25, 0.3) is 22.6 Å². The lowest BCUT2D eigenvalue weighted by molar-refractivity contribution is -0.182. The zero-order chi connectivity index (χ0) is 45.7. The number of nitrogens with one attached hydrogen (secondary N) is 3. The van der Waals surface area contributed by atoms with Gasteiger partial charge in [-0.05, 0) is 50.6 Å². The van der Waals surface area contributed by atoms with Crippen molar-refractivity contribution in [2.45, 2.75) is 72.1 Å². The van der Waals surface area contributed by atoms with E-state index < -0.39 is 41.0 Å². The Bertz CT molecular complexity index is 2440. The predicted octanol–water partition coefficient (Wildman–Crippen LogP) is 6.35. The highest BCUT2D eigenvalue weighted by Gasteiger charge is 2.52. The first-order valence-electron chi connectivity index (χ1n) is 20.0. The van der Waals surface area contributed by atoms with E-state index in [2.05, 4.69) is 64.6 Å². The fraction of sp³-hybridized carbons (Fsp3) is 0.405. The molecule has 3 aliphatic heterocycles. The number of benzene rings is 2. The van der Waals surface area contributed by atoms with Gasteiger partial charge in [0.15, 0.2) is 17.3 Å². The lowest BCUT2D eigenvalue weighted by Gasteiger charge is -2.61. The summed E-state index contributed by atoms with van der Waals surface area (Å²) >= 11 is 0. The summed E-state index contributed by atoms with van der Waals surface area (Å²) in [7, 11) is 0. The van der Waals surface area contributed by atoms with Gasteiger partial charge in [0.25, 0.3) is 5.91 Å². The van der Waals surface area contributed by atoms with Crippen LogP contribution < -0.4 is 20.4 Å². The van der Waals surface area contributed by atoms with Crippen molar-refractivity contribution in [3.05, 3.63) is 89.5 Å². The number of amides is 4. The molecule has 8 rings (SSSR count). The number of imide groups is 1. The van der Waals surface area contributed by atoms with Crippen LogP contribution in [0.15, 0.2) is 59.4 Å². The summed E-state index contributed by atoms with van der Waals surface area (Å²) in [5, 5.41) is 14.5. The second-order valence-corrected chi connectivity index (χ2v) is 15.9. The van der Waals surface area contributed by atoms with Crippen LogP contribution in [-0.4, -0.2) is 98.2 Å². The van der Waals surface area contributed by atoms with Crippen molar-refractivity contribution in [3.63, 3.8) is 0 Å². The van der Waals surface area contributed by atoms with Gasteiger partial charge in [0.05, 0.1) is 12.2 Å². The molecule has 3 aromatic heterocycles. The second-order valence-electron chi connectivity index (χ2n) is 15.9. The van der Waals surface area contributed by atoms with Gasteiger partial charge in [-0.2, -0.15) is 18.3 Å². The van der Waals surface area contributed by atoms with Crippen molar-refractivity contribution in [1.29, 1.82) is 0 Å². The van der Waals surface area contributed by atoms with Gasteiger partial charge in [-0.3, -0.25) is 29.8 Å². The van der Waals surface area contributed by atoms with E-state index in [0.717, 1.165) is 57.6 Å². The maximum atomic E-state index is 15.3. The van der Waals surface area contributed by atoms with Gasteiger partial charge in [-0.15, -0.1) is 0 Å². The molecule has 3 saturated heterocycles. The van der Waals surface area contributed by atoms with Crippen LogP contribution in [0.2, 0.25) is 0 Å². The molecule has 3 fully saturated rings. The highest BCUT2D eigenvalue weighted by Crippen LogP contribution is 2.43. The van der Waals surface area contributed by atoms with E-state index in [1.807, 2.05) is 6.07 Å². The molecule has 4 amide bonds. The number of carbonyl (C=O) groups excluding carboxylic acids is 4. The van der Waals surface area contributed by atoms with E-state index in [-0.39, 0.29) is 59.6 Å². The van der Waals surface area contributed by atoms with Gasteiger partial charge in [-0.25, -0.2) is 28.5 Å². The number of H-pyrrole nitrogens is 1. The highest BCUT2D eigenvalue weighted by molar-refractivity contribution is 6.05. The summed E-state index contributed by atoms with van der Waals surface area (Å²) in [6.45, 7) is 11.1. The predicted molar refractivity (Wildman–Crippen MR) is 219 cm³/mol. The Morgan fingerprint density at radius 1 is 0.984 bits per heavy atom. The highest BCUT2D eigenvalue weighted by atomic mass is 19.4. The smallest absolute Gasteiger partial charge is 0.370 e. The molecular formula is C42H46F5N11O5. The van der Waals surface area contributed by atoms with Gasteiger partial charge in [-0.1, -0.05) is 37.6 Å². The average Bonchev–Trinajstić information content (AvgIpc) is 3.90. The number of nitrogens with zero attached hydrogens (tertiary/aromatic N) is 8. The Kier molecular flexibility index (Phi) is 13.7. The first-order valence-corrected chi connectivity index (χ1v) is 20.0. The molecule has 0 bridgehead atoms. The van der Waals surface area contributed by atoms with Crippen molar-refractivity contribution < 1.29 is 45.7 Å². The number of hydrogen-bond acceptors (Lipinski definition) is 12. The standard InChI is InChI=1S/C37H34F5N11O4.C3H8.C2H4O/c1-35(2,37(40,41)42)33-46-29(48-49-33)14-45-32(55)28-11-26(50-57-28)31-43-12-21(13-44-31)23-5-3-20(9-24(23)38)15-51-16-36(17-51)18-52(19-36)22-4-6-27(25(39)10-22)53-8-7-30(54)47-34(53)56;1-3-2;1-2-3/h3-6,9-13H,7-8,14-19H2,1-2H3,(H,45,55)(H,46,48,49)(H,47,54,56);3H2,1-2H3;2H,1H3. The van der Waals surface area contributed by atoms with E-state index in [0.29, 0.717) is 17.7 Å². The molecule has 5 aromatic rings. The van der Waals surface area contributed by atoms with E-state index in [9.17, 15) is 31.9 Å². The molecule has 0 radical (unpaired) electrons. The maximum Gasteiger partial charge on any atom is 0.401 e. The maximum absolute atomic E-state index is 15.3. The number of aldehydes is 1. The lowest BCUT2D eigenvalue weighted by atomic mass is 9.72. The van der Waals surface area contributed by atoms with Crippen molar-refractivity contribution >= 4 is 35.5 Å². The molecule has 334 valence electrons. The van der Waals surface area contributed by atoms with E-state index in [1.54, 1.807) is 18.2 Å². The minimum Gasteiger partial charge on any atom is -0.370 e. The van der Waals surface area contributed by atoms with Crippen molar-refractivity contribution in [2.75, 3.05) is 42.5 Å². The molecule has 21 heteroatoms. The molecule has 63 heavy (non-hydrogen) atoms. The van der Waals surface area contributed by atoms with Crippen LogP contribution in [0, 0.1) is 17.0 Å².